The highest BCUT2D eigenvalue weighted by Crippen LogP contribution is 2.61. The highest BCUT2D eigenvalue weighted by molar-refractivity contribution is 5.84. The summed E-state index contributed by atoms with van der Waals surface area (Å²) in [5, 5.41) is 33.6. The second-order valence-corrected chi connectivity index (χ2v) is 11.9. The number of hydrogen-bond donors (Lipinski definition) is 4. The lowest BCUT2D eigenvalue weighted by atomic mass is 9.46. The number of rotatable bonds is 6. The van der Waals surface area contributed by atoms with Gasteiger partial charge in [-0.3, -0.25) is 10.1 Å². The maximum atomic E-state index is 13.3. The number of amides is 2. The van der Waals surface area contributed by atoms with Crippen LogP contribution in [-0.4, -0.2) is 70.2 Å². The number of aliphatic hydroxyl groups is 3. The summed E-state index contributed by atoms with van der Waals surface area (Å²) in [6.45, 7) is 4.04. The lowest BCUT2D eigenvalue weighted by Gasteiger charge is -2.60. The van der Waals surface area contributed by atoms with Crippen molar-refractivity contribution in [2.24, 2.45) is 22.7 Å². The molecular weight excluding hydrogens is 517 g/mol. The molecule has 0 unspecified atom stereocenters. The predicted octanol–water partition coefficient (Wildman–Crippen LogP) is 4.18. The molecule has 3 fully saturated rings. The number of nitrogens with zero attached hydrogens (tertiary/aromatic N) is 1. The molecule has 4 rings (SSSR count). The van der Waals surface area contributed by atoms with E-state index in [-0.39, 0.29) is 49.1 Å². The fourth-order valence-electron chi connectivity index (χ4n) is 7.49. The van der Waals surface area contributed by atoms with Crippen molar-refractivity contribution in [2.75, 3.05) is 25.1 Å². The van der Waals surface area contributed by atoms with E-state index in [0.717, 1.165) is 25.0 Å². The van der Waals surface area contributed by atoms with Crippen LogP contribution >= 0.6 is 0 Å². The number of nitrogens with one attached hydrogen (secondary N) is 1. The molecule has 8 nitrogen and oxygen atoms in total. The third-order valence-electron chi connectivity index (χ3n) is 9.66. The molecule has 4 N–H and O–H groups in total. The first-order valence-electron chi connectivity index (χ1n) is 13.7. The molecule has 0 radical (unpaired) electrons. The average molecular weight is 557 g/mol. The van der Waals surface area contributed by atoms with Crippen molar-refractivity contribution in [3.63, 3.8) is 0 Å². The summed E-state index contributed by atoms with van der Waals surface area (Å²) in [5.41, 5.74) is -2.35. The fraction of sp³-hybridized carbons (Fsp3) is 0.714. The van der Waals surface area contributed by atoms with Crippen molar-refractivity contribution in [3.05, 3.63) is 29.8 Å². The monoisotopic (exact) mass is 556 g/mol. The molecule has 1 aliphatic heterocycles. The van der Waals surface area contributed by atoms with Crippen LogP contribution < -0.4 is 5.32 Å². The van der Waals surface area contributed by atoms with E-state index in [4.69, 9.17) is 4.74 Å². The van der Waals surface area contributed by atoms with Gasteiger partial charge in [-0.15, -0.1) is 0 Å². The Labute approximate surface area is 226 Å². The molecule has 1 aromatic carbocycles. The summed E-state index contributed by atoms with van der Waals surface area (Å²) in [7, 11) is 0. The minimum atomic E-state index is -4.55. The van der Waals surface area contributed by atoms with Crippen LogP contribution in [0.5, 0.6) is 0 Å². The van der Waals surface area contributed by atoms with Gasteiger partial charge >= 0.3 is 12.3 Å². The van der Waals surface area contributed by atoms with Crippen molar-refractivity contribution in [1.29, 1.82) is 0 Å². The average Bonchev–Trinajstić information content (AvgIpc) is 3.37. The zero-order valence-corrected chi connectivity index (χ0v) is 22.4. The first-order valence-corrected chi connectivity index (χ1v) is 13.7. The third kappa shape index (κ3) is 5.76. The Balaban J connectivity index is 1.49. The van der Waals surface area contributed by atoms with E-state index in [0.29, 0.717) is 32.2 Å². The Morgan fingerprint density at radius 1 is 1.15 bits per heavy atom. The number of fused-ring (bicyclic) bond motifs is 1. The standard InChI is InChI=1S/C28H39F3N2O6/c1-26-11-10-23(39-25(38)32-18-6-3-5-17(13-18)28(29,30)31)27(2,16-35)22(26)9-8-21(36)20(26)14-24(37)33-12-4-7-19(33)15-34/h3,5-6,13,19-23,34-36H,4,7-12,14-16H2,1-2H3,(H,32,38)/t19-,20+,21+,22-,23+,26-,27-/m0/s1. The maximum absolute atomic E-state index is 13.3. The van der Waals surface area contributed by atoms with Crippen LogP contribution in [-0.2, 0) is 15.7 Å². The summed E-state index contributed by atoms with van der Waals surface area (Å²) < 4.78 is 44.9. The molecule has 7 atom stereocenters. The van der Waals surface area contributed by atoms with E-state index in [1.165, 1.54) is 12.1 Å². The quantitative estimate of drug-likeness (QED) is 0.418. The van der Waals surface area contributed by atoms with E-state index in [1.807, 2.05) is 13.8 Å². The smallest absolute Gasteiger partial charge is 0.416 e. The molecule has 0 spiro atoms. The van der Waals surface area contributed by atoms with Gasteiger partial charge in [0.2, 0.25) is 5.91 Å². The second-order valence-electron chi connectivity index (χ2n) is 11.9. The Morgan fingerprint density at radius 2 is 1.90 bits per heavy atom. The van der Waals surface area contributed by atoms with Gasteiger partial charge in [-0.05, 0) is 74.0 Å². The molecule has 3 aliphatic rings. The molecule has 11 heteroatoms. The van der Waals surface area contributed by atoms with Gasteiger partial charge in [0.1, 0.15) is 6.10 Å². The molecule has 1 heterocycles. The number of halogens is 3. The van der Waals surface area contributed by atoms with Gasteiger partial charge in [0.25, 0.3) is 0 Å². The normalized spacial score (nSPS) is 34.9. The van der Waals surface area contributed by atoms with E-state index in [9.17, 15) is 38.1 Å². The summed E-state index contributed by atoms with van der Waals surface area (Å²) in [6.07, 6.45) is -3.27. The van der Waals surface area contributed by atoms with E-state index in [2.05, 4.69) is 5.32 Å². The molecule has 2 aliphatic carbocycles. The van der Waals surface area contributed by atoms with Gasteiger partial charge in [-0.2, -0.15) is 13.2 Å². The topological polar surface area (TPSA) is 119 Å². The lowest BCUT2D eigenvalue weighted by molar-refractivity contribution is -0.186. The summed E-state index contributed by atoms with van der Waals surface area (Å²) >= 11 is 0. The number of hydrogen-bond acceptors (Lipinski definition) is 6. The molecule has 0 bridgehead atoms. The summed E-state index contributed by atoms with van der Waals surface area (Å²) in [6, 6.07) is 4.07. The zero-order valence-electron chi connectivity index (χ0n) is 22.4. The first kappa shape index (κ1) is 29.6. The number of carbonyl (C=O) groups excluding carboxylic acids is 2. The van der Waals surface area contributed by atoms with Crippen LogP contribution in [0.1, 0.15) is 64.4 Å². The predicted molar refractivity (Wildman–Crippen MR) is 137 cm³/mol. The molecule has 1 aromatic rings. The summed E-state index contributed by atoms with van der Waals surface area (Å²) in [4.78, 5) is 27.7. The van der Waals surface area contributed by atoms with E-state index in [1.54, 1.807) is 4.90 Å². The Bertz CT molecular complexity index is 1050. The molecule has 0 aromatic heterocycles. The second kappa shape index (κ2) is 11.2. The van der Waals surface area contributed by atoms with Gasteiger partial charge in [-0.25, -0.2) is 4.79 Å². The van der Waals surface area contributed by atoms with Gasteiger partial charge in [0, 0.05) is 24.1 Å². The van der Waals surface area contributed by atoms with Crippen LogP contribution in [0.15, 0.2) is 24.3 Å². The van der Waals surface area contributed by atoms with Crippen molar-refractivity contribution >= 4 is 17.7 Å². The van der Waals surface area contributed by atoms with Gasteiger partial charge in [-0.1, -0.05) is 19.9 Å². The third-order valence-corrected chi connectivity index (χ3v) is 9.66. The maximum Gasteiger partial charge on any atom is 0.416 e. The molecule has 1 saturated heterocycles. The first-order chi connectivity index (χ1) is 18.3. The van der Waals surface area contributed by atoms with Crippen LogP contribution in [0.4, 0.5) is 23.7 Å². The minimum absolute atomic E-state index is 0.0522. The lowest BCUT2D eigenvalue weighted by Crippen LogP contribution is -2.61. The fourth-order valence-corrected chi connectivity index (χ4v) is 7.49. The largest absolute Gasteiger partial charge is 0.445 e. The number of anilines is 1. The minimum Gasteiger partial charge on any atom is -0.445 e. The van der Waals surface area contributed by atoms with Gasteiger partial charge in [0.15, 0.2) is 0 Å². The number of likely N-dealkylation sites (tertiary alicyclic amines) is 1. The Kier molecular flexibility index (Phi) is 8.54. The SMILES string of the molecule is C[C@]1(CO)[C@H]2CC[C@@H](O)[C@@H](CC(=O)N3CCC[C@H]3CO)[C@]2(C)CC[C@H]1OC(=O)Nc1cccc(C(F)(F)F)c1. The number of alkyl halides is 3. The number of aliphatic hydroxyl groups excluding tert-OH is 3. The Hall–Kier alpha value is -2.37. The number of benzene rings is 1. The Morgan fingerprint density at radius 3 is 2.56 bits per heavy atom. The highest BCUT2D eigenvalue weighted by Gasteiger charge is 2.60. The summed E-state index contributed by atoms with van der Waals surface area (Å²) in [5.74, 6) is -0.639. The number of carbonyl (C=O) groups is 2. The van der Waals surface area contributed by atoms with E-state index < -0.39 is 40.9 Å². The van der Waals surface area contributed by atoms with Crippen molar-refractivity contribution < 1.29 is 42.8 Å². The molecule has 39 heavy (non-hydrogen) atoms. The molecule has 2 amide bonds. The van der Waals surface area contributed by atoms with E-state index >= 15 is 0 Å². The van der Waals surface area contributed by atoms with Gasteiger partial charge < -0.3 is 25.0 Å². The van der Waals surface area contributed by atoms with Crippen molar-refractivity contribution in [3.8, 4) is 0 Å². The molecule has 218 valence electrons. The van der Waals surface area contributed by atoms with Gasteiger partial charge in [0.05, 0.1) is 30.9 Å². The van der Waals surface area contributed by atoms with Crippen LogP contribution in [0.2, 0.25) is 0 Å². The van der Waals surface area contributed by atoms with Crippen LogP contribution in [0.3, 0.4) is 0 Å². The number of ether oxygens (including phenoxy) is 1. The molecular formula is C28H39F3N2O6. The molecule has 2 saturated carbocycles. The van der Waals surface area contributed by atoms with Crippen molar-refractivity contribution in [1.82, 2.24) is 4.90 Å². The zero-order chi connectivity index (χ0) is 28.6. The van der Waals surface area contributed by atoms with Crippen LogP contribution in [0.25, 0.3) is 0 Å². The highest BCUT2D eigenvalue weighted by atomic mass is 19.4. The van der Waals surface area contributed by atoms with Crippen LogP contribution in [0, 0.1) is 22.7 Å². The van der Waals surface area contributed by atoms with Crippen molar-refractivity contribution in [2.45, 2.75) is 83.2 Å².